The lowest BCUT2D eigenvalue weighted by molar-refractivity contribution is -0.169. The van der Waals surface area contributed by atoms with Gasteiger partial charge >= 0.3 is 5.97 Å². The number of β-lactam (4-membered cyclic amide) rings is 1. The molecule has 8 heteroatoms. The lowest BCUT2D eigenvalue weighted by Crippen LogP contribution is -2.66. The van der Waals surface area contributed by atoms with Gasteiger partial charge in [0, 0.05) is 0 Å². The van der Waals surface area contributed by atoms with Crippen LogP contribution in [0.3, 0.4) is 0 Å². The molecule has 2 aliphatic heterocycles. The molecule has 90 valence electrons. The van der Waals surface area contributed by atoms with Crippen LogP contribution in [0.15, 0.2) is 0 Å². The Morgan fingerprint density at radius 1 is 1.44 bits per heavy atom. The van der Waals surface area contributed by atoms with Crippen LogP contribution in [0, 0.1) is 0 Å². The van der Waals surface area contributed by atoms with Crippen LogP contribution in [-0.2, 0) is 19.4 Å². The quantitative estimate of drug-likeness (QED) is 0.529. The van der Waals surface area contributed by atoms with E-state index in [-0.39, 0.29) is 0 Å². The van der Waals surface area contributed by atoms with E-state index in [0.29, 0.717) is 0 Å². The third-order valence-electron chi connectivity index (χ3n) is 3.27. The van der Waals surface area contributed by atoms with Gasteiger partial charge in [0.15, 0.2) is 21.3 Å². The third-order valence-corrected chi connectivity index (χ3v) is 6.08. The van der Waals surface area contributed by atoms with Gasteiger partial charge in [0.05, 0.1) is 0 Å². The van der Waals surface area contributed by atoms with Gasteiger partial charge < -0.3 is 15.1 Å². The van der Waals surface area contributed by atoms with Crippen molar-refractivity contribution in [3.63, 3.8) is 0 Å². The Hall–Kier alpha value is -1.15. The van der Waals surface area contributed by atoms with Crippen LogP contribution in [0.1, 0.15) is 13.8 Å². The Kier molecular flexibility index (Phi) is 1.95. The molecule has 3 atom stereocenters. The summed E-state index contributed by atoms with van der Waals surface area (Å²) in [5.41, 5.74) is 0. The van der Waals surface area contributed by atoms with Crippen LogP contribution < -0.4 is 0 Å². The van der Waals surface area contributed by atoms with Crippen molar-refractivity contribution in [2.24, 2.45) is 0 Å². The highest BCUT2D eigenvalue weighted by molar-refractivity contribution is 7.94. The van der Waals surface area contributed by atoms with Gasteiger partial charge in [-0.05, 0) is 13.8 Å². The van der Waals surface area contributed by atoms with Crippen LogP contribution in [-0.4, -0.2) is 57.7 Å². The molecule has 16 heavy (non-hydrogen) atoms. The molecular weight excluding hydrogens is 238 g/mol. The van der Waals surface area contributed by atoms with E-state index >= 15 is 0 Å². The number of carbonyl (C=O) groups is 2. The summed E-state index contributed by atoms with van der Waals surface area (Å²) in [5, 5.41) is 16.9. The summed E-state index contributed by atoms with van der Waals surface area (Å²) in [6.07, 6.45) is -1.63. The molecule has 0 aromatic carbocycles. The van der Waals surface area contributed by atoms with Crippen LogP contribution in [0.25, 0.3) is 0 Å². The minimum atomic E-state index is -3.87. The number of sulfone groups is 1. The Morgan fingerprint density at radius 2 is 1.94 bits per heavy atom. The molecule has 2 rings (SSSR count). The first-order chi connectivity index (χ1) is 7.14. The van der Waals surface area contributed by atoms with Crippen molar-refractivity contribution >= 4 is 21.7 Å². The Labute approximate surface area is 91.6 Å². The number of hydrogen-bond donors (Lipinski definition) is 2. The third kappa shape index (κ3) is 0.938. The summed E-state index contributed by atoms with van der Waals surface area (Å²) in [4.78, 5) is 23.0. The number of carboxylic acid groups (broad SMARTS) is 1. The number of carbonyl (C=O) groups excluding carboxylic acids is 1. The zero-order valence-corrected chi connectivity index (χ0v) is 9.43. The lowest BCUT2D eigenvalue weighted by atomic mass is 9.97. The van der Waals surface area contributed by atoms with Crippen molar-refractivity contribution in [1.82, 2.24) is 4.90 Å². The van der Waals surface area contributed by atoms with Crippen LogP contribution >= 0.6 is 0 Å². The van der Waals surface area contributed by atoms with Gasteiger partial charge in [0.1, 0.15) is 10.8 Å². The fraction of sp³-hybridized carbons (Fsp3) is 0.750. The van der Waals surface area contributed by atoms with E-state index in [9.17, 15) is 23.1 Å². The standard InChI is InChI=1S/C8H11NO6S/c1-8(2)4(7(12)13)9-5(11)3(10)6(9)16(8,14)15/h3-4,6,10H,1-2H3,(H,12,13)/t3?,4-,6?/m0/s1. The number of aliphatic hydroxyl groups is 1. The summed E-state index contributed by atoms with van der Waals surface area (Å²) < 4.78 is 22.3. The number of nitrogens with zero attached hydrogens (tertiary/aromatic N) is 1. The van der Waals surface area contributed by atoms with Crippen LogP contribution in [0.4, 0.5) is 0 Å². The highest BCUT2D eigenvalue weighted by Gasteiger charge is 2.72. The fourth-order valence-electron chi connectivity index (χ4n) is 2.28. The molecule has 1 amide bonds. The number of fused-ring (bicyclic) bond motifs is 1. The molecule has 2 unspecified atom stereocenters. The van der Waals surface area contributed by atoms with Gasteiger partial charge in [0.25, 0.3) is 5.91 Å². The molecule has 2 saturated heterocycles. The summed E-state index contributed by atoms with van der Waals surface area (Å²) in [5.74, 6) is -2.22. The Morgan fingerprint density at radius 3 is 2.38 bits per heavy atom. The van der Waals surface area contributed by atoms with Crippen molar-refractivity contribution in [1.29, 1.82) is 0 Å². The second-order valence-corrected chi connectivity index (χ2v) is 7.10. The topological polar surface area (TPSA) is 112 Å². The van der Waals surface area contributed by atoms with Crippen LogP contribution in [0.2, 0.25) is 0 Å². The molecule has 0 aliphatic carbocycles. The molecule has 2 aliphatic rings. The first-order valence-electron chi connectivity index (χ1n) is 4.60. The highest BCUT2D eigenvalue weighted by Crippen LogP contribution is 2.45. The van der Waals surface area contributed by atoms with E-state index in [1.54, 1.807) is 0 Å². The van der Waals surface area contributed by atoms with Gasteiger partial charge in [-0.1, -0.05) is 0 Å². The smallest absolute Gasteiger partial charge is 0.328 e. The predicted octanol–water partition coefficient (Wildman–Crippen LogP) is -1.82. The molecule has 7 nitrogen and oxygen atoms in total. The largest absolute Gasteiger partial charge is 0.480 e. The van der Waals surface area contributed by atoms with E-state index < -0.39 is 44.0 Å². The fourth-order valence-corrected chi connectivity index (χ4v) is 4.41. The molecule has 2 N–H and O–H groups in total. The molecule has 2 heterocycles. The van der Waals surface area contributed by atoms with E-state index in [1.807, 2.05) is 0 Å². The van der Waals surface area contributed by atoms with Gasteiger partial charge in [0.2, 0.25) is 0 Å². The molecule has 0 radical (unpaired) electrons. The van der Waals surface area contributed by atoms with Crippen LogP contribution in [0.5, 0.6) is 0 Å². The van der Waals surface area contributed by atoms with Gasteiger partial charge in [-0.25, -0.2) is 13.2 Å². The number of aliphatic carboxylic acids is 1. The summed E-state index contributed by atoms with van der Waals surface area (Å²) in [6.45, 7) is 2.50. The SMILES string of the molecule is CC1(C)[C@H](C(=O)O)N2C(=O)C(O)C2S1(=O)=O. The second kappa shape index (κ2) is 2.75. The van der Waals surface area contributed by atoms with Crippen molar-refractivity contribution in [2.75, 3.05) is 0 Å². The predicted molar refractivity (Wildman–Crippen MR) is 51.1 cm³/mol. The lowest BCUT2D eigenvalue weighted by Gasteiger charge is -2.39. The van der Waals surface area contributed by atoms with Gasteiger partial charge in [-0.2, -0.15) is 0 Å². The van der Waals surface area contributed by atoms with Crippen molar-refractivity contribution < 1.29 is 28.2 Å². The minimum Gasteiger partial charge on any atom is -0.480 e. The maximum atomic E-state index is 11.9. The Bertz CT molecular complexity index is 481. The first-order valence-corrected chi connectivity index (χ1v) is 6.15. The zero-order chi connectivity index (χ0) is 12.5. The Balaban J connectivity index is 2.60. The monoisotopic (exact) mass is 249 g/mol. The molecule has 2 fully saturated rings. The van der Waals surface area contributed by atoms with Crippen molar-refractivity contribution in [3.05, 3.63) is 0 Å². The van der Waals surface area contributed by atoms with Gasteiger partial charge in [-0.3, -0.25) is 4.79 Å². The summed E-state index contributed by atoms with van der Waals surface area (Å²) >= 11 is 0. The minimum absolute atomic E-state index is 0.738. The van der Waals surface area contributed by atoms with E-state index in [0.717, 1.165) is 4.90 Å². The van der Waals surface area contributed by atoms with E-state index in [4.69, 9.17) is 5.11 Å². The number of carboxylic acids is 1. The highest BCUT2D eigenvalue weighted by atomic mass is 32.2. The first kappa shape index (κ1) is 11.3. The van der Waals surface area contributed by atoms with E-state index in [1.165, 1.54) is 13.8 Å². The zero-order valence-electron chi connectivity index (χ0n) is 8.61. The molecule has 0 aromatic rings. The number of rotatable bonds is 1. The summed E-state index contributed by atoms with van der Waals surface area (Å²) in [7, 11) is -3.87. The van der Waals surface area contributed by atoms with Crippen molar-refractivity contribution in [3.8, 4) is 0 Å². The van der Waals surface area contributed by atoms with Gasteiger partial charge in [-0.15, -0.1) is 0 Å². The molecule has 0 saturated carbocycles. The average Bonchev–Trinajstić information content (AvgIpc) is 2.28. The number of hydrogen-bond acceptors (Lipinski definition) is 5. The maximum absolute atomic E-state index is 11.9. The number of amides is 1. The molecule has 0 spiro atoms. The average molecular weight is 249 g/mol. The van der Waals surface area contributed by atoms with E-state index in [2.05, 4.69) is 0 Å². The second-order valence-electron chi connectivity index (χ2n) is 4.47. The number of aliphatic hydroxyl groups excluding tert-OH is 1. The molecule has 0 bridgehead atoms. The van der Waals surface area contributed by atoms with Crippen molar-refractivity contribution in [2.45, 2.75) is 36.1 Å². The molecular formula is C8H11NO6S. The molecule has 0 aromatic heterocycles. The summed E-state index contributed by atoms with van der Waals surface area (Å²) in [6, 6.07) is -1.43. The normalized spacial score (nSPS) is 39.1. The maximum Gasteiger partial charge on any atom is 0.328 e.